The molecule has 1 fully saturated rings. The average molecular weight is 265 g/mol. The van der Waals surface area contributed by atoms with Gasteiger partial charge in [-0.3, -0.25) is 9.69 Å². The normalized spacial score (nSPS) is 31.8. The van der Waals surface area contributed by atoms with Gasteiger partial charge in [-0.25, -0.2) is 0 Å². The smallest absolute Gasteiger partial charge is 0.312 e. The van der Waals surface area contributed by atoms with Gasteiger partial charge in [-0.15, -0.1) is 0 Å². The molecule has 1 heterocycles. The van der Waals surface area contributed by atoms with E-state index < -0.39 is 17.4 Å². The number of carbonyl (C=O) groups is 1. The predicted octanol–water partition coefficient (Wildman–Crippen LogP) is 2.07. The van der Waals surface area contributed by atoms with E-state index in [0.717, 1.165) is 32.6 Å². The monoisotopic (exact) mass is 265 g/mol. The molecule has 2 rings (SSSR count). The van der Waals surface area contributed by atoms with Crippen LogP contribution in [0.1, 0.15) is 26.7 Å². The Balaban J connectivity index is 2.25. The average Bonchev–Trinajstić information content (AvgIpc) is 2.40. The molecule has 19 heavy (non-hydrogen) atoms. The summed E-state index contributed by atoms with van der Waals surface area (Å²) in [5.74, 6) is -1.24. The number of nitrogens with zero attached hydrogens (tertiary/aromatic N) is 1. The lowest BCUT2D eigenvalue weighted by Gasteiger charge is -2.48. The first-order valence-corrected chi connectivity index (χ1v) is 7.03. The molecule has 0 spiro atoms. The number of ether oxygens (including phenoxy) is 1. The molecule has 0 amide bonds. The number of hydrogen-bond acceptors (Lipinski definition) is 3. The minimum absolute atomic E-state index is 0.404. The Hall–Kier alpha value is -1.13. The van der Waals surface area contributed by atoms with Crippen LogP contribution in [-0.2, 0) is 9.53 Å². The highest BCUT2D eigenvalue weighted by Crippen LogP contribution is 2.34. The van der Waals surface area contributed by atoms with Crippen molar-refractivity contribution in [2.75, 3.05) is 19.8 Å². The molecule has 1 saturated heterocycles. The molecule has 4 nitrogen and oxygen atoms in total. The number of aliphatic carboxylic acids is 1. The second-order valence-corrected chi connectivity index (χ2v) is 5.42. The van der Waals surface area contributed by atoms with E-state index in [1.54, 1.807) is 6.08 Å². The summed E-state index contributed by atoms with van der Waals surface area (Å²) in [6.45, 7) is 6.53. The van der Waals surface area contributed by atoms with Crippen molar-refractivity contribution in [3.63, 3.8) is 0 Å². The molecule has 0 radical (unpaired) electrons. The summed E-state index contributed by atoms with van der Waals surface area (Å²) in [4.78, 5) is 13.9. The maximum Gasteiger partial charge on any atom is 0.312 e. The van der Waals surface area contributed by atoms with E-state index in [1.807, 2.05) is 25.2 Å². The van der Waals surface area contributed by atoms with Gasteiger partial charge in [0.15, 0.2) is 0 Å². The van der Waals surface area contributed by atoms with Gasteiger partial charge in [-0.1, -0.05) is 31.2 Å². The zero-order valence-corrected chi connectivity index (χ0v) is 11.7. The number of carboxylic acids is 1. The van der Waals surface area contributed by atoms with E-state index in [0.29, 0.717) is 6.04 Å². The van der Waals surface area contributed by atoms with Crippen molar-refractivity contribution in [2.24, 2.45) is 5.92 Å². The maximum atomic E-state index is 11.5. The van der Waals surface area contributed by atoms with Crippen LogP contribution in [0.2, 0.25) is 0 Å². The van der Waals surface area contributed by atoms with E-state index in [1.165, 1.54) is 0 Å². The highest BCUT2D eigenvalue weighted by molar-refractivity contribution is 5.75. The Kier molecular flexibility index (Phi) is 4.42. The maximum absolute atomic E-state index is 11.5. The summed E-state index contributed by atoms with van der Waals surface area (Å²) in [5, 5.41) is 9.48. The minimum atomic E-state index is -0.756. The Bertz CT molecular complexity index is 385. The van der Waals surface area contributed by atoms with Crippen molar-refractivity contribution in [1.82, 2.24) is 4.90 Å². The van der Waals surface area contributed by atoms with Crippen molar-refractivity contribution in [2.45, 2.75) is 38.3 Å². The summed E-state index contributed by atoms with van der Waals surface area (Å²) in [7, 11) is 0. The van der Waals surface area contributed by atoms with Crippen molar-refractivity contribution >= 4 is 5.97 Å². The summed E-state index contributed by atoms with van der Waals surface area (Å²) in [5.41, 5.74) is -0.447. The molecule has 106 valence electrons. The van der Waals surface area contributed by atoms with E-state index in [4.69, 9.17) is 4.74 Å². The molecular formula is C15H23NO3. The van der Waals surface area contributed by atoms with Crippen molar-refractivity contribution in [3.8, 4) is 0 Å². The molecule has 2 unspecified atom stereocenters. The van der Waals surface area contributed by atoms with Gasteiger partial charge in [0.05, 0.1) is 11.5 Å². The molecule has 1 N–H and O–H groups in total. The number of rotatable bonds is 4. The van der Waals surface area contributed by atoms with Gasteiger partial charge in [0, 0.05) is 19.3 Å². The number of likely N-dealkylation sites (N-methyl/N-ethyl adjacent to an activating group) is 1. The lowest BCUT2D eigenvalue weighted by Crippen LogP contribution is -2.57. The predicted molar refractivity (Wildman–Crippen MR) is 74.0 cm³/mol. The Labute approximate surface area is 114 Å². The van der Waals surface area contributed by atoms with Gasteiger partial charge in [0.25, 0.3) is 0 Å². The van der Waals surface area contributed by atoms with Crippen molar-refractivity contribution < 1.29 is 14.6 Å². The third-order valence-corrected chi connectivity index (χ3v) is 4.34. The summed E-state index contributed by atoms with van der Waals surface area (Å²) in [6, 6.07) is 0.404. The fourth-order valence-electron chi connectivity index (χ4n) is 3.32. The minimum Gasteiger partial charge on any atom is -0.481 e. The largest absolute Gasteiger partial charge is 0.481 e. The van der Waals surface area contributed by atoms with Gasteiger partial charge >= 0.3 is 5.97 Å². The second kappa shape index (κ2) is 5.88. The van der Waals surface area contributed by atoms with Crippen LogP contribution in [-0.4, -0.2) is 47.3 Å². The van der Waals surface area contributed by atoms with Crippen LogP contribution in [0, 0.1) is 5.92 Å². The molecule has 0 aromatic heterocycles. The van der Waals surface area contributed by atoms with Crippen LogP contribution >= 0.6 is 0 Å². The number of allylic oxidation sites excluding steroid dienone is 2. The quantitative estimate of drug-likeness (QED) is 0.845. The lowest BCUT2D eigenvalue weighted by molar-refractivity contribution is -0.144. The number of hydrogen-bond donors (Lipinski definition) is 1. The Morgan fingerprint density at radius 1 is 1.42 bits per heavy atom. The van der Waals surface area contributed by atoms with E-state index in [2.05, 4.69) is 11.8 Å². The van der Waals surface area contributed by atoms with E-state index in [-0.39, 0.29) is 0 Å². The topological polar surface area (TPSA) is 49.8 Å². The molecule has 4 heteroatoms. The fourth-order valence-corrected chi connectivity index (χ4v) is 3.32. The van der Waals surface area contributed by atoms with Gasteiger partial charge in [-0.2, -0.15) is 0 Å². The zero-order valence-electron chi connectivity index (χ0n) is 11.7. The van der Waals surface area contributed by atoms with Crippen LogP contribution in [0.4, 0.5) is 0 Å². The first kappa shape index (κ1) is 14.3. The molecule has 0 bridgehead atoms. The SMILES string of the molecule is CCN(C1CCOCC1)C1(C)C=CC=CC1C(=O)O. The third-order valence-electron chi connectivity index (χ3n) is 4.34. The highest BCUT2D eigenvalue weighted by Gasteiger charge is 2.43. The summed E-state index contributed by atoms with van der Waals surface area (Å²) < 4.78 is 5.41. The van der Waals surface area contributed by atoms with Crippen LogP contribution in [0.15, 0.2) is 24.3 Å². The fraction of sp³-hybridized carbons (Fsp3) is 0.667. The summed E-state index contributed by atoms with van der Waals surface area (Å²) >= 11 is 0. The van der Waals surface area contributed by atoms with Crippen LogP contribution in [0.3, 0.4) is 0 Å². The molecule has 0 aromatic rings. The van der Waals surface area contributed by atoms with E-state index >= 15 is 0 Å². The first-order valence-electron chi connectivity index (χ1n) is 7.03. The van der Waals surface area contributed by atoms with Crippen LogP contribution < -0.4 is 0 Å². The molecular weight excluding hydrogens is 242 g/mol. The van der Waals surface area contributed by atoms with E-state index in [9.17, 15) is 9.90 Å². The standard InChI is InChI=1S/C15H23NO3/c1-3-16(12-7-10-19-11-8-12)15(2)9-5-4-6-13(15)14(17)18/h4-6,9,12-13H,3,7-8,10-11H2,1-2H3,(H,17,18). The third kappa shape index (κ3) is 2.74. The first-order chi connectivity index (χ1) is 9.09. The molecule has 2 atom stereocenters. The van der Waals surface area contributed by atoms with Crippen LogP contribution in [0.25, 0.3) is 0 Å². The zero-order chi connectivity index (χ0) is 13.9. The van der Waals surface area contributed by atoms with Crippen molar-refractivity contribution in [3.05, 3.63) is 24.3 Å². The molecule has 1 aliphatic carbocycles. The van der Waals surface area contributed by atoms with Crippen LogP contribution in [0.5, 0.6) is 0 Å². The molecule has 0 aromatic carbocycles. The van der Waals surface area contributed by atoms with Gasteiger partial charge in [0.1, 0.15) is 0 Å². The second-order valence-electron chi connectivity index (χ2n) is 5.42. The van der Waals surface area contributed by atoms with Gasteiger partial charge < -0.3 is 9.84 Å². The highest BCUT2D eigenvalue weighted by atomic mass is 16.5. The number of carboxylic acid groups (broad SMARTS) is 1. The van der Waals surface area contributed by atoms with Crippen molar-refractivity contribution in [1.29, 1.82) is 0 Å². The molecule has 1 aliphatic heterocycles. The molecule has 0 saturated carbocycles. The lowest BCUT2D eigenvalue weighted by atomic mass is 9.79. The summed E-state index contributed by atoms with van der Waals surface area (Å²) in [6.07, 6.45) is 9.58. The Morgan fingerprint density at radius 3 is 2.68 bits per heavy atom. The van der Waals surface area contributed by atoms with Gasteiger partial charge in [0.2, 0.25) is 0 Å². The Morgan fingerprint density at radius 2 is 2.11 bits per heavy atom. The molecule has 2 aliphatic rings. The van der Waals surface area contributed by atoms with Gasteiger partial charge in [-0.05, 0) is 26.3 Å².